The van der Waals surface area contributed by atoms with E-state index in [9.17, 15) is 4.79 Å². The van der Waals surface area contributed by atoms with Gasteiger partial charge in [0.1, 0.15) is 6.04 Å². The number of thioether (sulfide) groups is 1. The SMILES string of the molecule is CSc1cccc(N[C@H](C)C(=O)Nc2cccc(Cl)c2)c1. The summed E-state index contributed by atoms with van der Waals surface area (Å²) in [6.07, 6.45) is 2.02. The molecule has 0 saturated heterocycles. The summed E-state index contributed by atoms with van der Waals surface area (Å²) >= 11 is 7.57. The van der Waals surface area contributed by atoms with Gasteiger partial charge in [0, 0.05) is 21.3 Å². The minimum atomic E-state index is -0.346. The Morgan fingerprint density at radius 3 is 2.57 bits per heavy atom. The average Bonchev–Trinajstić information content (AvgIpc) is 2.47. The van der Waals surface area contributed by atoms with Crippen molar-refractivity contribution < 1.29 is 4.79 Å². The maximum absolute atomic E-state index is 12.2. The van der Waals surface area contributed by atoms with Crippen molar-refractivity contribution in [1.82, 2.24) is 0 Å². The molecule has 3 nitrogen and oxygen atoms in total. The number of benzene rings is 2. The number of rotatable bonds is 5. The van der Waals surface area contributed by atoms with Crippen LogP contribution in [0.15, 0.2) is 53.4 Å². The lowest BCUT2D eigenvalue weighted by Crippen LogP contribution is -2.31. The zero-order valence-corrected chi connectivity index (χ0v) is 13.5. The first-order valence-corrected chi connectivity index (χ1v) is 8.16. The lowest BCUT2D eigenvalue weighted by molar-refractivity contribution is -0.116. The van der Waals surface area contributed by atoms with E-state index in [2.05, 4.69) is 10.6 Å². The van der Waals surface area contributed by atoms with Gasteiger partial charge in [0.2, 0.25) is 5.91 Å². The molecule has 0 saturated carbocycles. The van der Waals surface area contributed by atoms with Gasteiger partial charge in [0.15, 0.2) is 0 Å². The molecular weight excluding hydrogens is 304 g/mol. The molecule has 0 fully saturated rings. The minimum Gasteiger partial charge on any atom is -0.374 e. The zero-order valence-electron chi connectivity index (χ0n) is 11.9. The van der Waals surface area contributed by atoms with Gasteiger partial charge < -0.3 is 10.6 Å². The van der Waals surface area contributed by atoms with Crippen LogP contribution < -0.4 is 10.6 Å². The summed E-state index contributed by atoms with van der Waals surface area (Å²) in [5.41, 5.74) is 1.62. The fourth-order valence-corrected chi connectivity index (χ4v) is 2.49. The van der Waals surface area contributed by atoms with E-state index in [1.807, 2.05) is 43.5 Å². The molecule has 0 aliphatic rings. The van der Waals surface area contributed by atoms with Gasteiger partial charge in [0.25, 0.3) is 0 Å². The molecule has 1 atom stereocenters. The summed E-state index contributed by atoms with van der Waals surface area (Å²) in [4.78, 5) is 13.3. The first-order chi connectivity index (χ1) is 10.1. The molecule has 0 aliphatic carbocycles. The highest BCUT2D eigenvalue weighted by atomic mass is 35.5. The first-order valence-electron chi connectivity index (χ1n) is 6.55. The minimum absolute atomic E-state index is 0.105. The number of halogens is 1. The number of amides is 1. The largest absolute Gasteiger partial charge is 0.374 e. The molecule has 0 heterocycles. The first kappa shape index (κ1) is 15.7. The smallest absolute Gasteiger partial charge is 0.246 e. The Morgan fingerprint density at radius 2 is 1.86 bits per heavy atom. The van der Waals surface area contributed by atoms with Crippen molar-refractivity contribution in [3.8, 4) is 0 Å². The third-order valence-corrected chi connectivity index (χ3v) is 3.90. The van der Waals surface area contributed by atoms with Crippen molar-refractivity contribution in [2.24, 2.45) is 0 Å². The summed E-state index contributed by atoms with van der Waals surface area (Å²) in [6, 6.07) is 14.7. The molecule has 0 unspecified atom stereocenters. The molecule has 0 bridgehead atoms. The van der Waals surface area contributed by atoms with Crippen LogP contribution in [-0.4, -0.2) is 18.2 Å². The Morgan fingerprint density at radius 1 is 1.14 bits per heavy atom. The van der Waals surface area contributed by atoms with Crippen molar-refractivity contribution in [2.75, 3.05) is 16.9 Å². The molecular formula is C16H17ClN2OS. The van der Waals surface area contributed by atoms with Gasteiger partial charge in [-0.05, 0) is 49.6 Å². The van der Waals surface area contributed by atoms with E-state index in [4.69, 9.17) is 11.6 Å². The summed E-state index contributed by atoms with van der Waals surface area (Å²) < 4.78 is 0. The topological polar surface area (TPSA) is 41.1 Å². The van der Waals surface area contributed by atoms with E-state index < -0.39 is 0 Å². The number of carbonyl (C=O) groups is 1. The van der Waals surface area contributed by atoms with Crippen LogP contribution in [0.1, 0.15) is 6.92 Å². The fraction of sp³-hybridized carbons (Fsp3) is 0.188. The van der Waals surface area contributed by atoms with Gasteiger partial charge in [-0.1, -0.05) is 23.7 Å². The van der Waals surface area contributed by atoms with E-state index in [1.165, 1.54) is 0 Å². The summed E-state index contributed by atoms with van der Waals surface area (Å²) in [5.74, 6) is -0.105. The van der Waals surface area contributed by atoms with Gasteiger partial charge in [-0.2, -0.15) is 0 Å². The highest BCUT2D eigenvalue weighted by Crippen LogP contribution is 2.20. The van der Waals surface area contributed by atoms with Crippen LogP contribution in [0.2, 0.25) is 5.02 Å². The van der Waals surface area contributed by atoms with E-state index in [-0.39, 0.29) is 11.9 Å². The Bertz CT molecular complexity index is 633. The summed E-state index contributed by atoms with van der Waals surface area (Å²) in [7, 11) is 0. The Hall–Kier alpha value is -1.65. The number of hydrogen-bond donors (Lipinski definition) is 2. The number of hydrogen-bond acceptors (Lipinski definition) is 3. The lowest BCUT2D eigenvalue weighted by atomic mass is 10.2. The Kier molecular flexibility index (Phi) is 5.53. The van der Waals surface area contributed by atoms with Crippen LogP contribution >= 0.6 is 23.4 Å². The van der Waals surface area contributed by atoms with Crippen molar-refractivity contribution in [1.29, 1.82) is 0 Å². The summed E-state index contributed by atoms with van der Waals surface area (Å²) in [5, 5.41) is 6.63. The van der Waals surface area contributed by atoms with E-state index in [1.54, 1.807) is 30.0 Å². The second-order valence-electron chi connectivity index (χ2n) is 4.60. The van der Waals surface area contributed by atoms with E-state index in [0.29, 0.717) is 10.7 Å². The molecule has 5 heteroatoms. The number of anilines is 2. The highest BCUT2D eigenvalue weighted by Gasteiger charge is 2.13. The molecule has 0 aliphatic heterocycles. The highest BCUT2D eigenvalue weighted by molar-refractivity contribution is 7.98. The standard InChI is InChI=1S/C16H17ClN2OS/c1-11(18-14-7-4-8-15(10-14)21-2)16(20)19-13-6-3-5-12(17)9-13/h3-11,18H,1-2H3,(H,19,20)/t11-/m1/s1. The van der Waals surface area contributed by atoms with Gasteiger partial charge >= 0.3 is 0 Å². The van der Waals surface area contributed by atoms with Gasteiger partial charge in [0.05, 0.1) is 0 Å². The number of carbonyl (C=O) groups excluding carboxylic acids is 1. The average molecular weight is 321 g/mol. The van der Waals surface area contributed by atoms with Crippen LogP contribution in [0, 0.1) is 0 Å². The summed E-state index contributed by atoms with van der Waals surface area (Å²) in [6.45, 7) is 1.83. The third kappa shape index (κ3) is 4.69. The van der Waals surface area contributed by atoms with Crippen LogP contribution in [0.25, 0.3) is 0 Å². The predicted molar refractivity (Wildman–Crippen MR) is 91.4 cm³/mol. The normalized spacial score (nSPS) is 11.8. The second-order valence-corrected chi connectivity index (χ2v) is 5.91. The van der Waals surface area contributed by atoms with Crippen LogP contribution in [0.4, 0.5) is 11.4 Å². The molecule has 0 spiro atoms. The molecule has 2 aromatic carbocycles. The molecule has 2 N–H and O–H groups in total. The van der Waals surface area contributed by atoms with Crippen molar-refractivity contribution in [2.45, 2.75) is 17.9 Å². The van der Waals surface area contributed by atoms with E-state index >= 15 is 0 Å². The predicted octanol–water partition coefficient (Wildman–Crippen LogP) is 4.50. The molecule has 0 aromatic heterocycles. The van der Waals surface area contributed by atoms with Gasteiger partial charge in [-0.15, -0.1) is 11.8 Å². The quantitative estimate of drug-likeness (QED) is 0.797. The lowest BCUT2D eigenvalue weighted by Gasteiger charge is -2.16. The van der Waals surface area contributed by atoms with Crippen LogP contribution in [0.5, 0.6) is 0 Å². The van der Waals surface area contributed by atoms with Crippen LogP contribution in [0.3, 0.4) is 0 Å². The molecule has 2 aromatic rings. The third-order valence-electron chi connectivity index (χ3n) is 2.94. The van der Waals surface area contributed by atoms with Gasteiger partial charge in [-0.3, -0.25) is 4.79 Å². The van der Waals surface area contributed by atoms with Crippen LogP contribution in [-0.2, 0) is 4.79 Å². The monoisotopic (exact) mass is 320 g/mol. The molecule has 2 rings (SSSR count). The Labute approximate surface area is 134 Å². The molecule has 110 valence electrons. The maximum Gasteiger partial charge on any atom is 0.246 e. The molecule has 21 heavy (non-hydrogen) atoms. The molecule has 0 radical (unpaired) electrons. The zero-order chi connectivity index (χ0) is 15.2. The Balaban J connectivity index is 1.99. The van der Waals surface area contributed by atoms with Gasteiger partial charge in [-0.25, -0.2) is 0 Å². The van der Waals surface area contributed by atoms with Crippen molar-refractivity contribution in [3.05, 3.63) is 53.6 Å². The fourth-order valence-electron chi connectivity index (χ4n) is 1.85. The van der Waals surface area contributed by atoms with Crippen molar-refractivity contribution in [3.63, 3.8) is 0 Å². The van der Waals surface area contributed by atoms with E-state index in [0.717, 1.165) is 10.6 Å². The maximum atomic E-state index is 12.2. The van der Waals surface area contributed by atoms with Crippen molar-refractivity contribution >= 4 is 40.6 Å². The number of nitrogens with one attached hydrogen (secondary N) is 2. The molecule has 1 amide bonds. The second kappa shape index (κ2) is 7.38.